The Bertz CT molecular complexity index is 707. The van der Waals surface area contributed by atoms with Crippen LogP contribution in [0.4, 0.5) is 0 Å². The van der Waals surface area contributed by atoms with Gasteiger partial charge in [-0.05, 0) is 24.5 Å². The molecule has 0 N–H and O–H groups in total. The van der Waals surface area contributed by atoms with E-state index in [1.807, 2.05) is 12.1 Å². The van der Waals surface area contributed by atoms with Crippen LogP contribution in [0.5, 0.6) is 0 Å². The number of nitrogens with zero attached hydrogens (tertiary/aromatic N) is 1. The molecular formula is C16H19NO3. The summed E-state index contributed by atoms with van der Waals surface area (Å²) in [7, 11) is 0. The lowest BCUT2D eigenvalue weighted by molar-refractivity contribution is 0.314. The molecule has 0 unspecified atom stereocenters. The van der Waals surface area contributed by atoms with Crippen LogP contribution in [0.3, 0.4) is 0 Å². The van der Waals surface area contributed by atoms with E-state index in [4.69, 9.17) is 4.42 Å². The molecule has 1 aromatic heterocycles. The molecule has 1 fully saturated rings. The predicted octanol–water partition coefficient (Wildman–Crippen LogP) is 2.93. The van der Waals surface area contributed by atoms with E-state index in [1.165, 1.54) is 32.1 Å². The summed E-state index contributed by atoms with van der Waals surface area (Å²) in [5, 5.41) is 0.482. The molecule has 1 aliphatic carbocycles. The number of hydrogen-bond donors (Lipinski definition) is 0. The zero-order valence-corrected chi connectivity index (χ0v) is 11.5. The van der Waals surface area contributed by atoms with Crippen LogP contribution in [0.1, 0.15) is 38.5 Å². The largest absolute Gasteiger partial charge is 0.422 e. The highest BCUT2D eigenvalue weighted by molar-refractivity contribution is 5.77. The maximum atomic E-state index is 11.9. The molecule has 2 aromatic rings. The van der Waals surface area contributed by atoms with E-state index in [2.05, 4.69) is 0 Å². The maximum absolute atomic E-state index is 11.9. The lowest BCUT2D eigenvalue weighted by Gasteiger charge is -2.21. The maximum Gasteiger partial charge on any atom is 0.422 e. The van der Waals surface area contributed by atoms with Crippen molar-refractivity contribution in [1.29, 1.82) is 0 Å². The van der Waals surface area contributed by atoms with Gasteiger partial charge < -0.3 is 4.42 Å². The van der Waals surface area contributed by atoms with Gasteiger partial charge in [0.2, 0.25) is 0 Å². The summed E-state index contributed by atoms with van der Waals surface area (Å²) in [4.78, 5) is 23.6. The normalized spacial score (nSPS) is 16.6. The van der Waals surface area contributed by atoms with E-state index in [0.29, 0.717) is 23.4 Å². The molecular weight excluding hydrogens is 254 g/mol. The number of aryl methyl sites for hydroxylation is 1. The van der Waals surface area contributed by atoms with Gasteiger partial charge in [-0.1, -0.05) is 44.2 Å². The fourth-order valence-corrected chi connectivity index (χ4v) is 3.17. The van der Waals surface area contributed by atoms with Crippen LogP contribution in [0, 0.1) is 5.92 Å². The zero-order chi connectivity index (χ0) is 13.9. The van der Waals surface area contributed by atoms with E-state index in [1.54, 1.807) is 16.7 Å². The Morgan fingerprint density at radius 1 is 1.10 bits per heavy atom. The Morgan fingerprint density at radius 3 is 2.65 bits per heavy atom. The van der Waals surface area contributed by atoms with Gasteiger partial charge in [0.25, 0.3) is 0 Å². The van der Waals surface area contributed by atoms with Crippen molar-refractivity contribution in [3.05, 3.63) is 45.2 Å². The highest BCUT2D eigenvalue weighted by Gasteiger charge is 2.15. The molecule has 0 saturated heterocycles. The second kappa shape index (κ2) is 5.65. The first kappa shape index (κ1) is 13.2. The Labute approximate surface area is 117 Å². The highest BCUT2D eigenvalue weighted by Crippen LogP contribution is 2.26. The second-order valence-corrected chi connectivity index (χ2v) is 5.62. The third-order valence-corrected chi connectivity index (χ3v) is 4.30. The van der Waals surface area contributed by atoms with Gasteiger partial charge in [-0.25, -0.2) is 9.59 Å². The third-order valence-electron chi connectivity index (χ3n) is 4.30. The van der Waals surface area contributed by atoms with Crippen LogP contribution in [0.15, 0.2) is 38.3 Å². The minimum Gasteiger partial charge on any atom is -0.372 e. The average molecular weight is 273 g/mol. The summed E-state index contributed by atoms with van der Waals surface area (Å²) < 4.78 is 6.42. The van der Waals surface area contributed by atoms with Crippen LogP contribution < -0.4 is 11.4 Å². The molecule has 1 saturated carbocycles. The first-order valence-corrected chi connectivity index (χ1v) is 7.38. The summed E-state index contributed by atoms with van der Waals surface area (Å²) in [6.07, 6.45) is 7.42. The molecule has 4 nitrogen and oxygen atoms in total. The van der Waals surface area contributed by atoms with Crippen LogP contribution >= 0.6 is 0 Å². The van der Waals surface area contributed by atoms with Gasteiger partial charge in [0.15, 0.2) is 0 Å². The Hall–Kier alpha value is -1.84. The van der Waals surface area contributed by atoms with Gasteiger partial charge in [-0.3, -0.25) is 4.57 Å². The van der Waals surface area contributed by atoms with Gasteiger partial charge in [0.1, 0.15) is 0 Å². The van der Waals surface area contributed by atoms with E-state index in [-0.39, 0.29) is 0 Å². The molecule has 1 heterocycles. The van der Waals surface area contributed by atoms with Crippen LogP contribution in [-0.2, 0) is 6.54 Å². The lowest BCUT2D eigenvalue weighted by atomic mass is 9.87. The lowest BCUT2D eigenvalue weighted by Crippen LogP contribution is -2.26. The van der Waals surface area contributed by atoms with Crippen molar-refractivity contribution in [1.82, 2.24) is 4.57 Å². The Balaban J connectivity index is 1.90. The van der Waals surface area contributed by atoms with Gasteiger partial charge in [0.05, 0.1) is 10.9 Å². The molecule has 106 valence electrons. The fraction of sp³-hybridized carbons (Fsp3) is 0.500. The number of rotatable bonds is 3. The summed E-state index contributed by atoms with van der Waals surface area (Å²) >= 11 is 0. The second-order valence-electron chi connectivity index (χ2n) is 5.62. The number of benzene rings is 1. The van der Waals surface area contributed by atoms with Gasteiger partial charge in [-0.2, -0.15) is 0 Å². The van der Waals surface area contributed by atoms with Crippen molar-refractivity contribution in [3.63, 3.8) is 0 Å². The molecule has 4 heteroatoms. The molecule has 0 radical (unpaired) electrons. The number of para-hydroxylation sites is 1. The first-order chi connectivity index (χ1) is 9.75. The smallest absolute Gasteiger partial charge is 0.372 e. The fourth-order valence-electron chi connectivity index (χ4n) is 3.17. The molecule has 1 aliphatic rings. The monoisotopic (exact) mass is 273 g/mol. The quantitative estimate of drug-likeness (QED) is 0.864. The van der Waals surface area contributed by atoms with Crippen LogP contribution in [0.25, 0.3) is 10.9 Å². The van der Waals surface area contributed by atoms with E-state index in [9.17, 15) is 9.59 Å². The molecule has 0 aliphatic heterocycles. The first-order valence-electron chi connectivity index (χ1n) is 7.38. The standard InChI is InChI=1S/C16H19NO3/c18-15-13-8-4-5-9-14(13)17(16(19)20-15)11-10-12-6-2-1-3-7-12/h4-5,8-9,12H,1-3,6-7,10-11H2. The molecule has 20 heavy (non-hydrogen) atoms. The van der Waals surface area contributed by atoms with Gasteiger partial charge in [0, 0.05) is 6.54 Å². The van der Waals surface area contributed by atoms with E-state index < -0.39 is 11.4 Å². The minimum atomic E-state index is -0.542. The van der Waals surface area contributed by atoms with E-state index in [0.717, 1.165) is 6.42 Å². The zero-order valence-electron chi connectivity index (χ0n) is 11.5. The van der Waals surface area contributed by atoms with E-state index >= 15 is 0 Å². The van der Waals surface area contributed by atoms with Crippen molar-refractivity contribution in [2.45, 2.75) is 45.1 Å². The van der Waals surface area contributed by atoms with Crippen LogP contribution in [-0.4, -0.2) is 4.57 Å². The van der Waals surface area contributed by atoms with Crippen molar-refractivity contribution < 1.29 is 4.42 Å². The summed E-state index contributed by atoms with van der Waals surface area (Å²) in [5.74, 6) is 0.158. The van der Waals surface area contributed by atoms with Gasteiger partial charge in [-0.15, -0.1) is 0 Å². The number of fused-ring (bicyclic) bond motifs is 1. The predicted molar refractivity (Wildman–Crippen MR) is 77.9 cm³/mol. The van der Waals surface area contributed by atoms with Crippen molar-refractivity contribution in [2.75, 3.05) is 0 Å². The number of hydrogen-bond acceptors (Lipinski definition) is 3. The topological polar surface area (TPSA) is 52.2 Å². The molecule has 1 aromatic carbocycles. The van der Waals surface area contributed by atoms with Crippen LogP contribution in [0.2, 0.25) is 0 Å². The Kier molecular flexibility index (Phi) is 3.72. The summed E-state index contributed by atoms with van der Waals surface area (Å²) in [6, 6.07) is 7.15. The summed E-state index contributed by atoms with van der Waals surface area (Å²) in [5.41, 5.74) is 0.143. The summed E-state index contributed by atoms with van der Waals surface area (Å²) in [6.45, 7) is 0.633. The highest BCUT2D eigenvalue weighted by atomic mass is 16.4. The molecule has 0 atom stereocenters. The SMILES string of the molecule is O=c1oc(=O)n(CCC2CCCCC2)c2ccccc12. The average Bonchev–Trinajstić information content (AvgIpc) is 2.48. The third kappa shape index (κ3) is 2.55. The molecule has 0 bridgehead atoms. The van der Waals surface area contributed by atoms with Crippen molar-refractivity contribution >= 4 is 10.9 Å². The molecule has 3 rings (SSSR count). The molecule has 0 amide bonds. The molecule has 0 spiro atoms. The number of aromatic nitrogens is 1. The van der Waals surface area contributed by atoms with Crippen molar-refractivity contribution in [2.24, 2.45) is 5.92 Å². The minimum absolute atomic E-state index is 0.482. The van der Waals surface area contributed by atoms with Crippen molar-refractivity contribution in [3.8, 4) is 0 Å². The van der Waals surface area contributed by atoms with Gasteiger partial charge >= 0.3 is 11.4 Å². The Morgan fingerprint density at radius 2 is 1.85 bits per heavy atom.